The molecule has 0 bridgehead atoms. The summed E-state index contributed by atoms with van der Waals surface area (Å²) in [7, 11) is 0. The fraction of sp³-hybridized carbons (Fsp3) is 0.381. The fourth-order valence-electron chi connectivity index (χ4n) is 3.09. The summed E-state index contributed by atoms with van der Waals surface area (Å²) in [6, 6.07) is 9.06. The Morgan fingerprint density at radius 1 is 1.07 bits per heavy atom. The molecule has 0 fully saturated rings. The third-order valence-electron chi connectivity index (χ3n) is 4.37. The number of esters is 1. The average molecular weight is 370 g/mol. The molecule has 1 N–H and O–H groups in total. The molecule has 27 heavy (non-hydrogen) atoms. The quantitative estimate of drug-likeness (QED) is 0.600. The lowest BCUT2D eigenvalue weighted by Crippen LogP contribution is -2.31. The van der Waals surface area contributed by atoms with Crippen LogP contribution in [-0.2, 0) is 9.53 Å². The first-order chi connectivity index (χ1) is 12.7. The minimum atomic E-state index is -0.651. The maximum Gasteiger partial charge on any atom is 0.325 e. The molecule has 2 rings (SSSR count). The number of aromatic nitrogens is 1. The molecule has 2 aromatic rings. The second-order valence-electron chi connectivity index (χ2n) is 6.88. The van der Waals surface area contributed by atoms with Crippen molar-refractivity contribution in [1.29, 1.82) is 0 Å². The van der Waals surface area contributed by atoms with Gasteiger partial charge in [0.05, 0.1) is 0 Å². The lowest BCUT2D eigenvalue weighted by atomic mass is 10.1. The van der Waals surface area contributed by atoms with Crippen molar-refractivity contribution in [1.82, 2.24) is 9.88 Å². The van der Waals surface area contributed by atoms with Gasteiger partial charge in [-0.1, -0.05) is 17.7 Å². The minimum Gasteiger partial charge on any atom is -0.456 e. The molecule has 1 amide bonds. The molecule has 0 aliphatic carbocycles. The molecule has 6 heteroatoms. The highest BCUT2D eigenvalue weighted by Crippen LogP contribution is 2.20. The van der Waals surface area contributed by atoms with E-state index in [9.17, 15) is 14.4 Å². The first-order valence-electron chi connectivity index (χ1n) is 8.92. The Morgan fingerprint density at radius 2 is 1.70 bits per heavy atom. The van der Waals surface area contributed by atoms with Gasteiger partial charge < -0.3 is 14.6 Å². The van der Waals surface area contributed by atoms with Gasteiger partial charge in [0, 0.05) is 28.6 Å². The van der Waals surface area contributed by atoms with E-state index in [-0.39, 0.29) is 30.9 Å². The Bertz CT molecular complexity index is 848. The zero-order valence-corrected chi connectivity index (χ0v) is 16.5. The number of Topliss-reactive ketones (excluding diaryl/α,β-unsaturated/α-hetero) is 1. The predicted octanol–water partition coefficient (Wildman–Crippen LogP) is 3.15. The minimum absolute atomic E-state index is 0.242. The number of benzene rings is 1. The Kier molecular flexibility index (Phi) is 6.55. The number of ether oxygens (including phenoxy) is 1. The molecule has 144 valence electrons. The van der Waals surface area contributed by atoms with E-state index in [4.69, 9.17) is 4.74 Å². The number of hydrogen-bond donors (Lipinski definition) is 1. The Hall–Kier alpha value is -2.89. The van der Waals surface area contributed by atoms with Crippen LogP contribution in [0.3, 0.4) is 0 Å². The number of amides is 1. The van der Waals surface area contributed by atoms with Crippen LogP contribution >= 0.6 is 0 Å². The standard InChI is InChI=1S/C21H26N2O4/c1-13(2)23-15(4)10-18(16(23)5)19(24)12-27-20(25)11-22-21(26)17-8-6-14(3)7-9-17/h6-10,13H,11-12H2,1-5H3,(H,22,26). The predicted molar refractivity (Wildman–Crippen MR) is 103 cm³/mol. The first-order valence-corrected chi connectivity index (χ1v) is 8.92. The molecule has 1 aromatic carbocycles. The molecule has 1 heterocycles. The largest absolute Gasteiger partial charge is 0.456 e. The smallest absolute Gasteiger partial charge is 0.325 e. The van der Waals surface area contributed by atoms with E-state index >= 15 is 0 Å². The molecular weight excluding hydrogens is 344 g/mol. The van der Waals surface area contributed by atoms with Gasteiger partial charge in [0.25, 0.3) is 5.91 Å². The van der Waals surface area contributed by atoms with Crippen LogP contribution in [0.4, 0.5) is 0 Å². The van der Waals surface area contributed by atoms with E-state index in [2.05, 4.69) is 9.88 Å². The van der Waals surface area contributed by atoms with Crippen molar-refractivity contribution >= 4 is 17.7 Å². The van der Waals surface area contributed by atoms with Crippen LogP contribution < -0.4 is 5.32 Å². The first kappa shape index (κ1) is 20.4. The Balaban J connectivity index is 1.86. The summed E-state index contributed by atoms with van der Waals surface area (Å²) in [6.07, 6.45) is 0. The lowest BCUT2D eigenvalue weighted by Gasteiger charge is -2.13. The summed E-state index contributed by atoms with van der Waals surface area (Å²) in [6.45, 7) is 9.21. The number of nitrogens with one attached hydrogen (secondary N) is 1. The van der Waals surface area contributed by atoms with Crippen molar-refractivity contribution in [2.24, 2.45) is 0 Å². The highest BCUT2D eigenvalue weighted by atomic mass is 16.5. The number of carbonyl (C=O) groups is 3. The van der Waals surface area contributed by atoms with Gasteiger partial charge in [0.1, 0.15) is 6.54 Å². The summed E-state index contributed by atoms with van der Waals surface area (Å²) in [5, 5.41) is 2.49. The van der Waals surface area contributed by atoms with Crippen LogP contribution in [-0.4, -0.2) is 35.4 Å². The van der Waals surface area contributed by atoms with Crippen LogP contribution in [0.5, 0.6) is 0 Å². The third kappa shape index (κ3) is 5.06. The van der Waals surface area contributed by atoms with Gasteiger partial charge in [-0.15, -0.1) is 0 Å². The highest BCUT2D eigenvalue weighted by Gasteiger charge is 2.18. The number of hydrogen-bond acceptors (Lipinski definition) is 4. The topological polar surface area (TPSA) is 77.4 Å². The van der Waals surface area contributed by atoms with Gasteiger partial charge >= 0.3 is 5.97 Å². The molecule has 0 spiro atoms. The monoisotopic (exact) mass is 370 g/mol. The Labute approximate surface area is 159 Å². The summed E-state index contributed by atoms with van der Waals surface area (Å²) in [4.78, 5) is 36.2. The number of rotatable bonds is 7. The van der Waals surface area contributed by atoms with E-state index in [1.54, 1.807) is 12.1 Å². The SMILES string of the molecule is Cc1ccc(C(=O)NCC(=O)OCC(=O)c2cc(C)n(C(C)C)c2C)cc1. The number of carbonyl (C=O) groups excluding carboxylic acids is 3. The average Bonchev–Trinajstić information content (AvgIpc) is 2.92. The maximum atomic E-state index is 12.4. The normalized spacial score (nSPS) is 10.7. The maximum absolute atomic E-state index is 12.4. The lowest BCUT2D eigenvalue weighted by molar-refractivity contribution is -0.141. The van der Waals surface area contributed by atoms with Crippen LogP contribution in [0.15, 0.2) is 30.3 Å². The van der Waals surface area contributed by atoms with E-state index in [0.29, 0.717) is 11.1 Å². The van der Waals surface area contributed by atoms with Crippen molar-refractivity contribution < 1.29 is 19.1 Å². The van der Waals surface area contributed by atoms with Crippen molar-refractivity contribution in [2.45, 2.75) is 40.7 Å². The number of nitrogens with zero attached hydrogens (tertiary/aromatic N) is 1. The zero-order chi connectivity index (χ0) is 20.1. The molecule has 0 aliphatic rings. The van der Waals surface area contributed by atoms with Gasteiger partial charge in [-0.3, -0.25) is 14.4 Å². The van der Waals surface area contributed by atoms with Gasteiger partial charge in [-0.25, -0.2) is 0 Å². The summed E-state index contributed by atoms with van der Waals surface area (Å²) >= 11 is 0. The van der Waals surface area contributed by atoms with Crippen molar-refractivity contribution in [2.75, 3.05) is 13.2 Å². The van der Waals surface area contributed by atoms with E-state index in [0.717, 1.165) is 17.0 Å². The number of ketones is 1. The summed E-state index contributed by atoms with van der Waals surface area (Å²) in [5.74, 6) is -1.27. The molecule has 0 aliphatic heterocycles. The van der Waals surface area contributed by atoms with Crippen molar-refractivity contribution in [3.05, 3.63) is 58.4 Å². The van der Waals surface area contributed by atoms with Gasteiger partial charge in [0.2, 0.25) is 5.78 Å². The molecule has 0 unspecified atom stereocenters. The van der Waals surface area contributed by atoms with Crippen molar-refractivity contribution in [3.8, 4) is 0 Å². The fourth-order valence-corrected chi connectivity index (χ4v) is 3.09. The molecule has 0 atom stereocenters. The van der Waals surface area contributed by atoms with Crippen LogP contribution in [0.2, 0.25) is 0 Å². The van der Waals surface area contributed by atoms with E-state index < -0.39 is 5.97 Å². The van der Waals surface area contributed by atoms with Gasteiger partial charge in [-0.05, 0) is 52.8 Å². The summed E-state index contributed by atoms with van der Waals surface area (Å²) in [5.41, 5.74) is 3.91. The summed E-state index contributed by atoms with van der Waals surface area (Å²) < 4.78 is 7.08. The number of aryl methyl sites for hydroxylation is 2. The van der Waals surface area contributed by atoms with E-state index in [1.165, 1.54) is 0 Å². The molecular formula is C21H26N2O4. The van der Waals surface area contributed by atoms with Crippen LogP contribution in [0, 0.1) is 20.8 Å². The molecule has 0 saturated carbocycles. The highest BCUT2D eigenvalue weighted by molar-refractivity contribution is 6.00. The third-order valence-corrected chi connectivity index (χ3v) is 4.37. The zero-order valence-electron chi connectivity index (χ0n) is 16.5. The van der Waals surface area contributed by atoms with Gasteiger partial charge in [0.15, 0.2) is 6.61 Å². The second kappa shape index (κ2) is 8.66. The van der Waals surface area contributed by atoms with Gasteiger partial charge in [-0.2, -0.15) is 0 Å². The van der Waals surface area contributed by atoms with E-state index in [1.807, 2.05) is 52.8 Å². The molecule has 0 radical (unpaired) electrons. The van der Waals surface area contributed by atoms with Crippen LogP contribution in [0.1, 0.15) is 57.6 Å². The van der Waals surface area contributed by atoms with Crippen molar-refractivity contribution in [3.63, 3.8) is 0 Å². The Morgan fingerprint density at radius 3 is 2.26 bits per heavy atom. The molecule has 1 aromatic heterocycles. The molecule has 0 saturated heterocycles. The van der Waals surface area contributed by atoms with Crippen LogP contribution in [0.25, 0.3) is 0 Å². The second-order valence-corrected chi connectivity index (χ2v) is 6.88. The molecule has 6 nitrogen and oxygen atoms in total.